The molecular weight excluding hydrogens is 202 g/mol. The predicted octanol–water partition coefficient (Wildman–Crippen LogP) is 2.22. The van der Waals surface area contributed by atoms with Crippen LogP contribution < -0.4 is 5.14 Å². The number of hydrogen-bond acceptors (Lipinski definition) is 3. The summed E-state index contributed by atoms with van der Waals surface area (Å²) in [6, 6.07) is 1.98. The van der Waals surface area contributed by atoms with Crippen LogP contribution in [0.3, 0.4) is 0 Å². The van der Waals surface area contributed by atoms with Crippen LogP contribution in [0.2, 0.25) is 0 Å². The minimum Gasteiger partial charge on any atom is -0.385 e. The van der Waals surface area contributed by atoms with Crippen LogP contribution in [0.25, 0.3) is 0 Å². The Balaban J connectivity index is 3.17. The van der Waals surface area contributed by atoms with Crippen LogP contribution in [-0.4, -0.2) is 11.0 Å². The van der Waals surface area contributed by atoms with E-state index in [0.717, 1.165) is 14.6 Å². The van der Waals surface area contributed by atoms with Gasteiger partial charge in [-0.15, -0.1) is 11.3 Å². The molecule has 1 heterocycles. The van der Waals surface area contributed by atoms with Crippen molar-refractivity contribution in [2.45, 2.75) is 30.6 Å². The van der Waals surface area contributed by atoms with Gasteiger partial charge < -0.3 is 5.11 Å². The highest BCUT2D eigenvalue weighted by molar-refractivity contribution is 8.13. The van der Waals surface area contributed by atoms with Crippen LogP contribution in [0.15, 0.2) is 10.3 Å². The fraction of sp³-hybridized carbons (Fsp3) is 0.444. The van der Waals surface area contributed by atoms with Gasteiger partial charge in [0.05, 0.1) is 9.81 Å². The zero-order chi connectivity index (χ0) is 10.2. The molecule has 0 spiro atoms. The molecule has 0 radical (unpaired) electrons. The summed E-state index contributed by atoms with van der Waals surface area (Å²) in [5.41, 5.74) is 0.357. The largest absolute Gasteiger partial charge is 0.385 e. The van der Waals surface area contributed by atoms with Crippen molar-refractivity contribution in [2.75, 3.05) is 0 Å². The Kier molecular flexibility index (Phi) is 2.97. The molecule has 0 aliphatic carbocycles. The molecule has 0 fully saturated rings. The van der Waals surface area contributed by atoms with Gasteiger partial charge in [-0.05, 0) is 32.4 Å². The van der Waals surface area contributed by atoms with Crippen LogP contribution in [0.4, 0.5) is 0 Å². The van der Waals surface area contributed by atoms with Gasteiger partial charge in [-0.25, -0.2) is 0 Å². The number of hydrogen-bond donors (Lipinski definition) is 2. The first-order chi connectivity index (χ1) is 5.82. The molecule has 0 bridgehead atoms. The van der Waals surface area contributed by atoms with E-state index in [0.29, 0.717) is 0 Å². The summed E-state index contributed by atoms with van der Waals surface area (Å²) in [5.74, 6) is 3.80. The first kappa shape index (κ1) is 10.9. The molecule has 0 saturated carbocycles. The van der Waals surface area contributed by atoms with Crippen LogP contribution in [0, 0.1) is 6.92 Å². The molecule has 13 heavy (non-hydrogen) atoms. The van der Waals surface area contributed by atoms with Gasteiger partial charge in [0.25, 0.3) is 0 Å². The molecular formula is C9H15NOS2. The number of aryl methyl sites for hydroxylation is 1. The van der Waals surface area contributed by atoms with Crippen LogP contribution in [-0.2, 0) is 5.60 Å². The van der Waals surface area contributed by atoms with Gasteiger partial charge in [0.1, 0.15) is 0 Å². The predicted molar refractivity (Wildman–Crippen MR) is 61.5 cm³/mol. The Bertz CT molecular complexity index is 336. The van der Waals surface area contributed by atoms with Crippen LogP contribution in [0.1, 0.15) is 24.3 Å². The van der Waals surface area contributed by atoms with Crippen molar-refractivity contribution in [3.63, 3.8) is 0 Å². The monoisotopic (exact) mass is 217 g/mol. The van der Waals surface area contributed by atoms with E-state index < -0.39 is 16.3 Å². The van der Waals surface area contributed by atoms with E-state index in [1.54, 1.807) is 25.2 Å². The first-order valence-electron chi connectivity index (χ1n) is 3.94. The summed E-state index contributed by atoms with van der Waals surface area (Å²) in [7, 11) is -0.447. The van der Waals surface area contributed by atoms with Gasteiger partial charge in [0.15, 0.2) is 0 Å². The average Bonchev–Trinajstić information content (AvgIpc) is 2.29. The number of rotatable bonds is 2. The lowest BCUT2D eigenvalue weighted by Gasteiger charge is -2.13. The molecule has 1 aromatic rings. The van der Waals surface area contributed by atoms with Crippen molar-refractivity contribution in [3.05, 3.63) is 16.5 Å². The van der Waals surface area contributed by atoms with Gasteiger partial charge in [-0.2, -0.15) is 0 Å². The van der Waals surface area contributed by atoms with E-state index in [-0.39, 0.29) is 0 Å². The maximum absolute atomic E-state index is 9.76. The zero-order valence-electron chi connectivity index (χ0n) is 8.13. The molecule has 4 heteroatoms. The SMILES string of the molecule is C=S(N)c1sc(C(C)(C)O)cc1C. The van der Waals surface area contributed by atoms with Crippen molar-refractivity contribution < 1.29 is 5.11 Å². The third kappa shape index (κ3) is 2.40. The Morgan fingerprint density at radius 1 is 1.62 bits per heavy atom. The number of nitrogens with two attached hydrogens (primary N) is 1. The highest BCUT2D eigenvalue weighted by Gasteiger charge is 2.20. The topological polar surface area (TPSA) is 46.2 Å². The molecule has 0 aliphatic rings. The lowest BCUT2D eigenvalue weighted by atomic mass is 10.1. The fourth-order valence-corrected chi connectivity index (χ4v) is 3.10. The zero-order valence-corrected chi connectivity index (χ0v) is 9.76. The summed E-state index contributed by atoms with van der Waals surface area (Å²) >= 11 is 1.55. The molecule has 0 saturated heterocycles. The van der Waals surface area contributed by atoms with E-state index in [4.69, 9.17) is 5.14 Å². The molecule has 0 aromatic carbocycles. The summed E-state index contributed by atoms with van der Waals surface area (Å²) in [5, 5.41) is 15.5. The van der Waals surface area contributed by atoms with Crippen molar-refractivity contribution in [1.29, 1.82) is 0 Å². The van der Waals surface area contributed by atoms with Crippen molar-refractivity contribution >= 4 is 27.9 Å². The van der Waals surface area contributed by atoms with Gasteiger partial charge in [-0.1, -0.05) is 16.5 Å². The van der Waals surface area contributed by atoms with Crippen LogP contribution in [0.5, 0.6) is 0 Å². The Hall–Kier alpha value is -0.160. The summed E-state index contributed by atoms with van der Waals surface area (Å²) in [4.78, 5) is 0.951. The van der Waals surface area contributed by atoms with E-state index >= 15 is 0 Å². The lowest BCUT2D eigenvalue weighted by molar-refractivity contribution is 0.0825. The highest BCUT2D eigenvalue weighted by Crippen LogP contribution is 2.36. The fourth-order valence-electron chi connectivity index (χ4n) is 1.03. The highest BCUT2D eigenvalue weighted by atomic mass is 32.2. The van der Waals surface area contributed by atoms with Gasteiger partial charge in [0, 0.05) is 4.88 Å². The minimum absolute atomic E-state index is 0.447. The molecule has 0 aliphatic heterocycles. The van der Waals surface area contributed by atoms with Gasteiger partial charge >= 0.3 is 0 Å². The molecule has 0 amide bonds. The first-order valence-corrected chi connectivity index (χ1v) is 6.21. The van der Waals surface area contributed by atoms with Crippen molar-refractivity contribution in [3.8, 4) is 0 Å². The lowest BCUT2D eigenvalue weighted by Crippen LogP contribution is -2.12. The summed E-state index contributed by atoms with van der Waals surface area (Å²) in [6.45, 7) is 5.55. The van der Waals surface area contributed by atoms with Crippen LogP contribution >= 0.6 is 22.0 Å². The molecule has 1 atom stereocenters. The van der Waals surface area contributed by atoms with E-state index in [2.05, 4.69) is 5.87 Å². The van der Waals surface area contributed by atoms with Crippen molar-refractivity contribution in [2.24, 2.45) is 5.14 Å². The molecule has 3 N–H and O–H groups in total. The Morgan fingerprint density at radius 3 is 2.38 bits per heavy atom. The number of aliphatic hydroxyl groups is 1. The van der Waals surface area contributed by atoms with Gasteiger partial charge in [0.2, 0.25) is 0 Å². The molecule has 1 aromatic heterocycles. The van der Waals surface area contributed by atoms with E-state index in [1.165, 1.54) is 0 Å². The average molecular weight is 217 g/mol. The molecule has 2 nitrogen and oxygen atoms in total. The number of thiophene rings is 1. The summed E-state index contributed by atoms with van der Waals surface area (Å²) < 4.78 is 1.08. The maximum atomic E-state index is 9.76. The molecule has 1 rings (SSSR count). The van der Waals surface area contributed by atoms with Gasteiger partial charge in [-0.3, -0.25) is 5.14 Å². The third-order valence-corrected chi connectivity index (χ3v) is 4.75. The van der Waals surface area contributed by atoms with E-state index in [1.807, 2.05) is 13.0 Å². The third-order valence-electron chi connectivity index (χ3n) is 1.71. The Labute approximate surface area is 85.5 Å². The molecule has 1 unspecified atom stereocenters. The second kappa shape index (κ2) is 3.53. The maximum Gasteiger partial charge on any atom is 0.0932 e. The molecule has 74 valence electrons. The Morgan fingerprint density at radius 2 is 2.15 bits per heavy atom. The smallest absolute Gasteiger partial charge is 0.0932 e. The normalized spacial score (nSPS) is 14.5. The second-order valence-electron chi connectivity index (χ2n) is 3.57. The quantitative estimate of drug-likeness (QED) is 0.746. The minimum atomic E-state index is -0.771. The van der Waals surface area contributed by atoms with Crippen molar-refractivity contribution in [1.82, 2.24) is 0 Å². The standard InChI is InChI=1S/C9H15NOS2/c1-6-5-7(9(2,3)11)12-8(6)13(4)10/h5,11H,4,10H2,1-3H3. The summed E-state index contributed by atoms with van der Waals surface area (Å²) in [6.07, 6.45) is 0. The second-order valence-corrected chi connectivity index (χ2v) is 6.15. The van der Waals surface area contributed by atoms with E-state index in [9.17, 15) is 5.11 Å².